The first-order valence-electron chi connectivity index (χ1n) is 7.23. The normalized spacial score (nSPS) is 11.6. The van der Waals surface area contributed by atoms with E-state index in [1.165, 1.54) is 0 Å². The van der Waals surface area contributed by atoms with Crippen LogP contribution < -0.4 is 11.1 Å². The Kier molecular flexibility index (Phi) is 7.74. The third-order valence-electron chi connectivity index (χ3n) is 3.35. The molecule has 3 N–H and O–H groups in total. The van der Waals surface area contributed by atoms with Crippen LogP contribution in [0.2, 0.25) is 0 Å². The number of aromatic nitrogens is 2. The summed E-state index contributed by atoms with van der Waals surface area (Å²) in [6.07, 6.45) is -0.0469. The molecular weight excluding hydrogens is 316 g/mol. The summed E-state index contributed by atoms with van der Waals surface area (Å²) in [5.74, 6) is 0.546. The second kappa shape index (κ2) is 9.29. The molecule has 0 aliphatic carbocycles. The largest absolute Gasteiger partial charge is 0.380 e. The molecule has 6 nitrogen and oxygen atoms in total. The maximum Gasteiger partial charge on any atom is 0.228 e. The first-order chi connectivity index (χ1) is 10.6. The van der Waals surface area contributed by atoms with Crippen molar-refractivity contribution in [1.29, 1.82) is 0 Å². The van der Waals surface area contributed by atoms with Crippen molar-refractivity contribution in [2.45, 2.75) is 26.0 Å². The Morgan fingerprint density at radius 3 is 2.70 bits per heavy atom. The zero-order valence-electron chi connectivity index (χ0n) is 13.4. The van der Waals surface area contributed by atoms with Gasteiger partial charge in [0, 0.05) is 19.7 Å². The third kappa shape index (κ3) is 5.67. The van der Waals surface area contributed by atoms with E-state index in [0.717, 1.165) is 11.3 Å². The van der Waals surface area contributed by atoms with E-state index in [-0.39, 0.29) is 30.8 Å². The minimum Gasteiger partial charge on any atom is -0.380 e. The van der Waals surface area contributed by atoms with Crippen LogP contribution in [0.4, 0.5) is 5.82 Å². The Balaban J connectivity index is 0.00000264. The number of methoxy groups -OCH3 is 1. The Hall–Kier alpha value is -1.89. The SMILES string of the molecule is COC(CN)CC(=O)Nc1cc(C)nn1Cc1ccccc1.Cl. The number of rotatable bonds is 7. The molecule has 7 heteroatoms. The van der Waals surface area contributed by atoms with E-state index in [2.05, 4.69) is 10.4 Å². The second-order valence-corrected chi connectivity index (χ2v) is 5.16. The van der Waals surface area contributed by atoms with Gasteiger partial charge in [0.1, 0.15) is 5.82 Å². The number of hydrogen-bond acceptors (Lipinski definition) is 4. The van der Waals surface area contributed by atoms with Gasteiger partial charge < -0.3 is 15.8 Å². The summed E-state index contributed by atoms with van der Waals surface area (Å²) in [5.41, 5.74) is 7.52. The van der Waals surface area contributed by atoms with Gasteiger partial charge in [-0.25, -0.2) is 4.68 Å². The average Bonchev–Trinajstić information content (AvgIpc) is 2.85. The summed E-state index contributed by atoms with van der Waals surface area (Å²) in [4.78, 5) is 12.1. The molecule has 2 aromatic rings. The van der Waals surface area contributed by atoms with Gasteiger partial charge in [-0.2, -0.15) is 5.10 Å². The van der Waals surface area contributed by atoms with Gasteiger partial charge in [0.25, 0.3) is 0 Å². The summed E-state index contributed by atoms with van der Waals surface area (Å²) in [6, 6.07) is 11.8. The molecule has 0 saturated heterocycles. The maximum atomic E-state index is 12.1. The quantitative estimate of drug-likeness (QED) is 0.808. The van der Waals surface area contributed by atoms with Crippen LogP contribution in [0.25, 0.3) is 0 Å². The fraction of sp³-hybridized carbons (Fsp3) is 0.375. The lowest BCUT2D eigenvalue weighted by Crippen LogP contribution is -2.28. The highest BCUT2D eigenvalue weighted by molar-refractivity contribution is 5.90. The number of amides is 1. The van der Waals surface area contributed by atoms with E-state index in [0.29, 0.717) is 18.9 Å². The summed E-state index contributed by atoms with van der Waals surface area (Å²) in [6.45, 7) is 2.82. The Morgan fingerprint density at radius 1 is 1.39 bits per heavy atom. The number of hydrogen-bond donors (Lipinski definition) is 2. The monoisotopic (exact) mass is 338 g/mol. The lowest BCUT2D eigenvalue weighted by atomic mass is 10.2. The van der Waals surface area contributed by atoms with Crippen LogP contribution in [0.1, 0.15) is 17.7 Å². The van der Waals surface area contributed by atoms with Gasteiger partial charge in [-0.3, -0.25) is 4.79 Å². The standard InChI is InChI=1S/C16H22N4O2.ClH/c1-12-8-15(18-16(21)9-14(10-17)22-2)20(19-12)11-13-6-4-3-5-7-13;/h3-8,14H,9-11,17H2,1-2H3,(H,18,21);1H. The number of nitrogens with one attached hydrogen (secondary N) is 1. The van der Waals surface area contributed by atoms with Crippen molar-refractivity contribution >= 4 is 24.1 Å². The fourth-order valence-electron chi connectivity index (χ4n) is 2.19. The number of nitrogens with zero attached hydrogens (tertiary/aromatic N) is 2. The minimum atomic E-state index is -0.272. The van der Waals surface area contributed by atoms with Crippen LogP contribution in [0, 0.1) is 6.92 Å². The highest BCUT2D eigenvalue weighted by atomic mass is 35.5. The van der Waals surface area contributed by atoms with Crippen LogP contribution in [-0.4, -0.2) is 35.4 Å². The number of halogens is 1. The number of ether oxygens (including phenoxy) is 1. The smallest absolute Gasteiger partial charge is 0.228 e. The summed E-state index contributed by atoms with van der Waals surface area (Å²) in [7, 11) is 1.55. The molecule has 0 saturated carbocycles. The maximum absolute atomic E-state index is 12.1. The molecule has 1 unspecified atom stereocenters. The Bertz CT molecular complexity index is 612. The molecule has 2 rings (SSSR count). The molecule has 0 fully saturated rings. The number of carbonyl (C=O) groups excluding carboxylic acids is 1. The lowest BCUT2D eigenvalue weighted by molar-refractivity contribution is -0.118. The van der Waals surface area contributed by atoms with Crippen molar-refractivity contribution in [3.05, 3.63) is 47.7 Å². The molecule has 1 atom stereocenters. The van der Waals surface area contributed by atoms with Gasteiger partial charge in [-0.1, -0.05) is 30.3 Å². The molecule has 1 amide bonds. The van der Waals surface area contributed by atoms with Gasteiger partial charge >= 0.3 is 0 Å². The number of anilines is 1. The zero-order valence-corrected chi connectivity index (χ0v) is 14.2. The average molecular weight is 339 g/mol. The van der Waals surface area contributed by atoms with Gasteiger partial charge in [-0.15, -0.1) is 12.4 Å². The number of aryl methyl sites for hydroxylation is 1. The molecular formula is C16H23ClN4O2. The molecule has 1 aromatic heterocycles. The van der Waals surface area contributed by atoms with Crippen LogP contribution in [0.5, 0.6) is 0 Å². The molecule has 0 bridgehead atoms. The molecule has 0 aliphatic heterocycles. The van der Waals surface area contributed by atoms with Crippen LogP contribution in [-0.2, 0) is 16.1 Å². The minimum absolute atomic E-state index is 0. The predicted molar refractivity (Wildman–Crippen MR) is 92.9 cm³/mol. The number of carbonyl (C=O) groups is 1. The van der Waals surface area contributed by atoms with Crippen molar-refractivity contribution in [3.8, 4) is 0 Å². The predicted octanol–water partition coefficient (Wildman–Crippen LogP) is 1.96. The Morgan fingerprint density at radius 2 is 2.09 bits per heavy atom. The first-order valence-corrected chi connectivity index (χ1v) is 7.23. The summed E-state index contributed by atoms with van der Waals surface area (Å²) < 4.78 is 6.92. The molecule has 0 spiro atoms. The molecule has 0 radical (unpaired) electrons. The Labute approximate surface area is 142 Å². The van der Waals surface area contributed by atoms with E-state index < -0.39 is 0 Å². The number of benzene rings is 1. The van der Waals surface area contributed by atoms with Crippen molar-refractivity contribution in [3.63, 3.8) is 0 Å². The first kappa shape index (κ1) is 19.2. The van der Waals surface area contributed by atoms with Crippen LogP contribution in [0.3, 0.4) is 0 Å². The van der Waals surface area contributed by atoms with Crippen LogP contribution >= 0.6 is 12.4 Å². The van der Waals surface area contributed by atoms with Crippen molar-refractivity contribution in [2.24, 2.45) is 5.73 Å². The van der Waals surface area contributed by atoms with Gasteiger partial charge in [0.05, 0.1) is 24.8 Å². The topological polar surface area (TPSA) is 82.2 Å². The molecule has 1 heterocycles. The van der Waals surface area contributed by atoms with Gasteiger partial charge in [0.2, 0.25) is 5.91 Å². The van der Waals surface area contributed by atoms with E-state index in [1.54, 1.807) is 11.8 Å². The van der Waals surface area contributed by atoms with Gasteiger partial charge in [0.15, 0.2) is 0 Å². The fourth-order valence-corrected chi connectivity index (χ4v) is 2.19. The molecule has 1 aromatic carbocycles. The summed E-state index contributed by atoms with van der Waals surface area (Å²) in [5, 5.41) is 7.30. The molecule has 23 heavy (non-hydrogen) atoms. The molecule has 0 aliphatic rings. The lowest BCUT2D eigenvalue weighted by Gasteiger charge is -2.13. The van der Waals surface area contributed by atoms with E-state index >= 15 is 0 Å². The summed E-state index contributed by atoms with van der Waals surface area (Å²) >= 11 is 0. The van der Waals surface area contributed by atoms with Crippen molar-refractivity contribution < 1.29 is 9.53 Å². The van der Waals surface area contributed by atoms with E-state index in [1.807, 2.05) is 43.3 Å². The zero-order chi connectivity index (χ0) is 15.9. The van der Waals surface area contributed by atoms with E-state index in [4.69, 9.17) is 10.5 Å². The van der Waals surface area contributed by atoms with Crippen molar-refractivity contribution in [2.75, 3.05) is 19.0 Å². The highest BCUT2D eigenvalue weighted by Gasteiger charge is 2.14. The molecule has 126 valence electrons. The number of nitrogens with two attached hydrogens (primary N) is 1. The highest BCUT2D eigenvalue weighted by Crippen LogP contribution is 2.13. The van der Waals surface area contributed by atoms with E-state index in [9.17, 15) is 4.79 Å². The second-order valence-electron chi connectivity index (χ2n) is 5.16. The van der Waals surface area contributed by atoms with Crippen LogP contribution in [0.15, 0.2) is 36.4 Å². The van der Waals surface area contributed by atoms with Crippen molar-refractivity contribution in [1.82, 2.24) is 9.78 Å². The van der Waals surface area contributed by atoms with Gasteiger partial charge in [-0.05, 0) is 12.5 Å². The third-order valence-corrected chi connectivity index (χ3v) is 3.35.